The van der Waals surface area contributed by atoms with Gasteiger partial charge >= 0.3 is 0 Å². The highest BCUT2D eigenvalue weighted by Crippen LogP contribution is 2.42. The van der Waals surface area contributed by atoms with Crippen LogP contribution in [0.25, 0.3) is 0 Å². The Labute approximate surface area is 213 Å². The number of rotatable bonds is 3. The first-order valence-corrected chi connectivity index (χ1v) is 13.2. The van der Waals surface area contributed by atoms with E-state index in [1.54, 1.807) is 12.0 Å². The third-order valence-electron chi connectivity index (χ3n) is 7.88. The fourth-order valence-electron chi connectivity index (χ4n) is 5.95. The molecule has 5 heterocycles. The highest BCUT2D eigenvalue weighted by atomic mass is 16.5. The Morgan fingerprint density at radius 2 is 2.03 bits per heavy atom. The highest BCUT2D eigenvalue weighted by molar-refractivity contribution is 6.00. The molecule has 1 saturated carbocycles. The Kier molecular flexibility index (Phi) is 6.81. The number of aliphatic imine (C=N–C) groups is 1. The van der Waals surface area contributed by atoms with Crippen LogP contribution in [-0.4, -0.2) is 48.0 Å². The molecule has 1 fully saturated rings. The summed E-state index contributed by atoms with van der Waals surface area (Å²) in [6.45, 7) is 4.62. The van der Waals surface area contributed by atoms with Gasteiger partial charge < -0.3 is 20.5 Å². The molecular formula is C28H38N4O4. The first-order valence-electron chi connectivity index (χ1n) is 13.2. The number of aryl methyl sites for hydroxylation is 1. The van der Waals surface area contributed by atoms with E-state index in [0.29, 0.717) is 32.3 Å². The standard InChI is InChI=1S/C28H38N4O4/c1-28(2)16-22-21-12-17(8-9-24(21)36-28)6-4-5-7-20-15-25(33)32(27(29)30-20)23(10-11-35-3)18-13-19(14-18)26(34)31-22/h8-9,12,19-20,22H,4-7,10-11,13-16H2,1-3H3,(H2,29,30)(H,31,34). The summed E-state index contributed by atoms with van der Waals surface area (Å²) in [6.07, 6.45) is 6.62. The van der Waals surface area contributed by atoms with Gasteiger partial charge in [-0.2, -0.15) is 0 Å². The summed E-state index contributed by atoms with van der Waals surface area (Å²) in [6, 6.07) is 6.21. The van der Waals surface area contributed by atoms with Gasteiger partial charge in [0.1, 0.15) is 11.4 Å². The number of benzene rings is 1. The SMILES string of the molecule is COCCC1=C2CC(C2)C(=O)NC2CC(C)(C)Oc3ccc(cc32)CCCCC2CC(=O)N1C(N)=N2. The number of nitrogens with one attached hydrogen (secondary N) is 1. The quantitative estimate of drug-likeness (QED) is 0.666. The molecule has 8 heteroatoms. The first kappa shape index (κ1) is 24.8. The van der Waals surface area contributed by atoms with Crippen LogP contribution in [0.2, 0.25) is 0 Å². The number of nitrogens with two attached hydrogens (primary N) is 1. The van der Waals surface area contributed by atoms with Crippen molar-refractivity contribution in [1.29, 1.82) is 0 Å². The number of allylic oxidation sites excluding steroid dienone is 1. The average Bonchev–Trinajstić information content (AvgIpc) is 2.77. The zero-order valence-corrected chi connectivity index (χ0v) is 21.6. The average molecular weight is 495 g/mol. The number of hydrogen-bond acceptors (Lipinski definition) is 6. The molecule has 3 N–H and O–H groups in total. The van der Waals surface area contributed by atoms with Gasteiger partial charge in [-0.3, -0.25) is 14.5 Å². The van der Waals surface area contributed by atoms with Gasteiger partial charge in [-0.05, 0) is 63.2 Å². The van der Waals surface area contributed by atoms with Crippen molar-refractivity contribution in [3.05, 3.63) is 40.6 Å². The van der Waals surface area contributed by atoms with E-state index in [2.05, 4.69) is 37.4 Å². The summed E-state index contributed by atoms with van der Waals surface area (Å²) in [4.78, 5) is 32.8. The van der Waals surface area contributed by atoms with E-state index in [1.807, 2.05) is 0 Å². The van der Waals surface area contributed by atoms with Gasteiger partial charge in [0.2, 0.25) is 17.8 Å². The van der Waals surface area contributed by atoms with Crippen molar-refractivity contribution in [3.8, 4) is 5.75 Å². The Balaban J connectivity index is 1.46. The van der Waals surface area contributed by atoms with Crippen molar-refractivity contribution in [3.63, 3.8) is 0 Å². The van der Waals surface area contributed by atoms with Gasteiger partial charge in [0.25, 0.3) is 0 Å². The number of nitrogens with zero attached hydrogens (tertiary/aromatic N) is 2. The maximum Gasteiger partial charge on any atom is 0.235 e. The molecule has 1 aromatic carbocycles. The molecule has 2 amide bonds. The van der Waals surface area contributed by atoms with Crippen LogP contribution < -0.4 is 15.8 Å². The molecule has 194 valence electrons. The molecule has 6 aliphatic rings. The monoisotopic (exact) mass is 494 g/mol. The van der Waals surface area contributed by atoms with Gasteiger partial charge in [0, 0.05) is 37.1 Å². The van der Waals surface area contributed by atoms with Gasteiger partial charge in [0.15, 0.2) is 0 Å². The Hall–Kier alpha value is -2.87. The van der Waals surface area contributed by atoms with Gasteiger partial charge in [-0.25, -0.2) is 4.99 Å². The minimum atomic E-state index is -0.356. The fraction of sp³-hybridized carbons (Fsp3) is 0.607. The molecule has 8 nitrogen and oxygen atoms in total. The summed E-state index contributed by atoms with van der Waals surface area (Å²) >= 11 is 0. The van der Waals surface area contributed by atoms with E-state index in [0.717, 1.165) is 54.7 Å². The molecule has 2 atom stereocenters. The summed E-state index contributed by atoms with van der Waals surface area (Å²) in [5, 5.41) is 3.33. The molecule has 0 spiro atoms. The maximum atomic E-state index is 13.3. The second kappa shape index (κ2) is 9.88. The lowest BCUT2D eigenvalue weighted by Gasteiger charge is -2.40. The molecule has 6 bridgehead atoms. The summed E-state index contributed by atoms with van der Waals surface area (Å²) in [5.41, 5.74) is 10.2. The molecule has 0 saturated heterocycles. The minimum Gasteiger partial charge on any atom is -0.487 e. The third-order valence-corrected chi connectivity index (χ3v) is 7.88. The normalized spacial score (nSPS) is 27.9. The molecule has 36 heavy (non-hydrogen) atoms. The predicted molar refractivity (Wildman–Crippen MR) is 137 cm³/mol. The number of guanidine groups is 1. The predicted octanol–water partition coefficient (Wildman–Crippen LogP) is 3.75. The van der Waals surface area contributed by atoms with E-state index in [4.69, 9.17) is 20.2 Å². The van der Waals surface area contributed by atoms with Crippen molar-refractivity contribution in [2.45, 2.75) is 89.3 Å². The van der Waals surface area contributed by atoms with E-state index in [-0.39, 0.29) is 41.4 Å². The van der Waals surface area contributed by atoms with Crippen LogP contribution in [0.4, 0.5) is 0 Å². The highest BCUT2D eigenvalue weighted by Gasteiger charge is 2.40. The lowest BCUT2D eigenvalue weighted by atomic mass is 9.77. The van der Waals surface area contributed by atoms with Crippen LogP contribution in [0.15, 0.2) is 34.5 Å². The van der Waals surface area contributed by atoms with Crippen molar-refractivity contribution in [2.75, 3.05) is 13.7 Å². The van der Waals surface area contributed by atoms with E-state index >= 15 is 0 Å². The number of carbonyl (C=O) groups is 2. The minimum absolute atomic E-state index is 0.00946. The van der Waals surface area contributed by atoms with Crippen LogP contribution in [0.1, 0.15) is 82.4 Å². The van der Waals surface area contributed by atoms with E-state index < -0.39 is 0 Å². The van der Waals surface area contributed by atoms with Crippen molar-refractivity contribution in [1.82, 2.24) is 10.2 Å². The second-order valence-corrected chi connectivity index (χ2v) is 11.2. The largest absolute Gasteiger partial charge is 0.487 e. The number of carbonyl (C=O) groups excluding carboxylic acids is 2. The van der Waals surface area contributed by atoms with Gasteiger partial charge in [-0.1, -0.05) is 18.6 Å². The molecular weight excluding hydrogens is 456 g/mol. The van der Waals surface area contributed by atoms with Gasteiger partial charge in [-0.15, -0.1) is 0 Å². The fourth-order valence-corrected chi connectivity index (χ4v) is 5.95. The van der Waals surface area contributed by atoms with Crippen LogP contribution in [0.5, 0.6) is 5.75 Å². The van der Waals surface area contributed by atoms with Crippen molar-refractivity contribution < 1.29 is 19.1 Å². The number of hydrogen-bond donors (Lipinski definition) is 2. The van der Waals surface area contributed by atoms with E-state index in [1.165, 1.54) is 5.56 Å². The van der Waals surface area contributed by atoms with Crippen LogP contribution in [0.3, 0.4) is 0 Å². The Bertz CT molecular complexity index is 1100. The molecule has 2 unspecified atom stereocenters. The molecule has 0 radical (unpaired) electrons. The third kappa shape index (κ3) is 5.01. The Morgan fingerprint density at radius 3 is 2.78 bits per heavy atom. The zero-order valence-electron chi connectivity index (χ0n) is 21.6. The number of methoxy groups -OCH3 is 1. The molecule has 0 aromatic heterocycles. The Morgan fingerprint density at radius 1 is 1.22 bits per heavy atom. The van der Waals surface area contributed by atoms with Crippen LogP contribution in [-0.2, 0) is 20.7 Å². The first-order chi connectivity index (χ1) is 17.2. The summed E-state index contributed by atoms with van der Waals surface area (Å²) in [7, 11) is 1.65. The molecule has 7 rings (SSSR count). The van der Waals surface area contributed by atoms with Crippen molar-refractivity contribution in [2.24, 2.45) is 16.6 Å². The van der Waals surface area contributed by atoms with Gasteiger partial charge in [0.05, 0.1) is 25.1 Å². The molecule has 1 aromatic rings. The molecule has 1 aliphatic carbocycles. The van der Waals surface area contributed by atoms with E-state index in [9.17, 15) is 9.59 Å². The zero-order chi connectivity index (χ0) is 25.4. The van der Waals surface area contributed by atoms with Crippen LogP contribution in [0, 0.1) is 5.92 Å². The second-order valence-electron chi connectivity index (χ2n) is 11.2. The molecule has 5 aliphatic heterocycles. The van der Waals surface area contributed by atoms with Crippen LogP contribution >= 0.6 is 0 Å². The summed E-state index contributed by atoms with van der Waals surface area (Å²) < 4.78 is 11.6. The van der Waals surface area contributed by atoms with Crippen molar-refractivity contribution >= 4 is 17.8 Å². The number of ether oxygens (including phenoxy) is 2. The smallest absolute Gasteiger partial charge is 0.235 e. The topological polar surface area (TPSA) is 106 Å². The maximum absolute atomic E-state index is 13.3. The summed E-state index contributed by atoms with van der Waals surface area (Å²) in [5.74, 6) is 1.05. The lowest BCUT2D eigenvalue weighted by molar-refractivity contribution is -0.127. The number of amides is 2. The lowest BCUT2D eigenvalue weighted by Crippen LogP contribution is -2.48.